The van der Waals surface area contributed by atoms with Crippen LogP contribution in [-0.2, 0) is 16.1 Å². The minimum Gasteiger partial charge on any atom is -0.478 e. The third kappa shape index (κ3) is 3.76. The van der Waals surface area contributed by atoms with Crippen LogP contribution in [0.3, 0.4) is 0 Å². The fourth-order valence-corrected chi connectivity index (χ4v) is 1.70. The van der Waals surface area contributed by atoms with Gasteiger partial charge in [-0.25, -0.2) is 4.79 Å². The van der Waals surface area contributed by atoms with Gasteiger partial charge in [0.25, 0.3) is 0 Å². The summed E-state index contributed by atoms with van der Waals surface area (Å²) < 4.78 is 1.74. The molecule has 0 radical (unpaired) electrons. The van der Waals surface area contributed by atoms with Crippen molar-refractivity contribution in [2.24, 2.45) is 0 Å². The minimum absolute atomic E-state index is 0.0289. The summed E-state index contributed by atoms with van der Waals surface area (Å²) in [6.45, 7) is 5.45. The summed E-state index contributed by atoms with van der Waals surface area (Å²) in [6, 6.07) is 3.56. The number of carbonyl (C=O) groups excluding carboxylic acids is 1. The van der Waals surface area contributed by atoms with Gasteiger partial charge in [-0.1, -0.05) is 0 Å². The number of carbonyl (C=O) groups is 2. The molecule has 0 atom stereocenters. The molecule has 1 amide bonds. The highest BCUT2D eigenvalue weighted by Crippen LogP contribution is 2.06. The van der Waals surface area contributed by atoms with Gasteiger partial charge in [0, 0.05) is 31.1 Å². The number of carboxylic acids is 1. The lowest BCUT2D eigenvalue weighted by molar-refractivity contribution is -0.132. The molecule has 0 saturated carbocycles. The van der Waals surface area contributed by atoms with E-state index >= 15 is 0 Å². The topological polar surface area (TPSA) is 62.5 Å². The summed E-state index contributed by atoms with van der Waals surface area (Å²) in [5.74, 6) is -0.973. The number of nitrogens with zero attached hydrogens (tertiary/aromatic N) is 2. The maximum Gasteiger partial charge on any atom is 0.328 e. The van der Waals surface area contributed by atoms with Crippen molar-refractivity contribution in [3.05, 3.63) is 30.1 Å². The average molecular weight is 250 g/mol. The molecule has 5 nitrogen and oxygen atoms in total. The van der Waals surface area contributed by atoms with E-state index in [1.165, 1.54) is 6.08 Å². The van der Waals surface area contributed by atoms with Crippen LogP contribution >= 0.6 is 0 Å². The molecule has 0 aliphatic heterocycles. The second-order valence-electron chi connectivity index (χ2n) is 3.80. The number of carboxylic acid groups (broad SMARTS) is 1. The molecule has 1 aromatic rings. The van der Waals surface area contributed by atoms with E-state index in [1.807, 2.05) is 13.8 Å². The predicted octanol–water partition coefficient (Wildman–Crippen LogP) is 1.45. The molecule has 0 aliphatic rings. The lowest BCUT2D eigenvalue weighted by Gasteiger charge is -2.19. The van der Waals surface area contributed by atoms with Crippen molar-refractivity contribution in [1.82, 2.24) is 9.47 Å². The van der Waals surface area contributed by atoms with E-state index in [9.17, 15) is 9.59 Å². The fourth-order valence-electron chi connectivity index (χ4n) is 1.70. The predicted molar refractivity (Wildman–Crippen MR) is 69.0 cm³/mol. The Balaban J connectivity index is 2.76. The number of hydrogen-bond donors (Lipinski definition) is 1. The molecule has 0 unspecified atom stereocenters. The molecule has 1 aromatic heterocycles. The van der Waals surface area contributed by atoms with Crippen LogP contribution in [0.4, 0.5) is 0 Å². The first kappa shape index (κ1) is 14.0. The molecular formula is C13H18N2O3. The number of aromatic nitrogens is 1. The smallest absolute Gasteiger partial charge is 0.328 e. The number of amides is 1. The van der Waals surface area contributed by atoms with Gasteiger partial charge in [0.1, 0.15) is 6.54 Å². The molecule has 18 heavy (non-hydrogen) atoms. The Morgan fingerprint density at radius 3 is 2.61 bits per heavy atom. The SMILES string of the molecule is CCN(CC)C(=O)Cn1cccc1/C=C/C(=O)O. The van der Waals surface area contributed by atoms with E-state index < -0.39 is 5.97 Å². The van der Waals surface area contributed by atoms with Gasteiger partial charge >= 0.3 is 5.97 Å². The van der Waals surface area contributed by atoms with E-state index in [2.05, 4.69) is 0 Å². The number of aliphatic carboxylic acids is 1. The van der Waals surface area contributed by atoms with Crippen LogP contribution in [0.1, 0.15) is 19.5 Å². The second kappa shape index (κ2) is 6.64. The summed E-state index contributed by atoms with van der Waals surface area (Å²) in [5, 5.41) is 8.58. The first-order chi connectivity index (χ1) is 8.58. The molecule has 5 heteroatoms. The molecule has 1 rings (SSSR count). The van der Waals surface area contributed by atoms with Crippen molar-refractivity contribution in [1.29, 1.82) is 0 Å². The third-order valence-electron chi connectivity index (χ3n) is 2.68. The number of hydrogen-bond acceptors (Lipinski definition) is 2. The van der Waals surface area contributed by atoms with Crippen LogP contribution in [-0.4, -0.2) is 39.5 Å². The van der Waals surface area contributed by atoms with Crippen molar-refractivity contribution in [3.8, 4) is 0 Å². The molecule has 98 valence electrons. The van der Waals surface area contributed by atoms with Crippen LogP contribution < -0.4 is 0 Å². The van der Waals surface area contributed by atoms with E-state index in [4.69, 9.17) is 5.11 Å². The quantitative estimate of drug-likeness (QED) is 0.777. The van der Waals surface area contributed by atoms with Gasteiger partial charge < -0.3 is 14.6 Å². The summed E-state index contributed by atoms with van der Waals surface area (Å²) in [4.78, 5) is 24.1. The third-order valence-corrected chi connectivity index (χ3v) is 2.68. The standard InChI is InChI=1S/C13H18N2O3/c1-3-14(4-2)12(16)10-15-9-5-6-11(15)7-8-13(17)18/h5-9H,3-4,10H2,1-2H3,(H,17,18)/b8-7+. The Labute approximate surface area is 106 Å². The number of likely N-dealkylation sites (N-methyl/N-ethyl adjacent to an activating group) is 1. The molecule has 0 saturated heterocycles. The van der Waals surface area contributed by atoms with E-state index in [0.29, 0.717) is 18.8 Å². The average Bonchev–Trinajstić information content (AvgIpc) is 2.75. The summed E-state index contributed by atoms with van der Waals surface area (Å²) >= 11 is 0. The Hall–Kier alpha value is -2.04. The molecule has 1 heterocycles. The molecule has 0 spiro atoms. The van der Waals surface area contributed by atoms with E-state index in [1.54, 1.807) is 27.8 Å². The Morgan fingerprint density at radius 1 is 1.39 bits per heavy atom. The molecule has 0 fully saturated rings. The van der Waals surface area contributed by atoms with Crippen molar-refractivity contribution in [3.63, 3.8) is 0 Å². The summed E-state index contributed by atoms with van der Waals surface area (Å²) in [7, 11) is 0. The summed E-state index contributed by atoms with van der Waals surface area (Å²) in [5.41, 5.74) is 0.706. The van der Waals surface area contributed by atoms with Crippen LogP contribution in [0.15, 0.2) is 24.4 Å². The van der Waals surface area contributed by atoms with Crippen molar-refractivity contribution in [2.75, 3.05) is 13.1 Å². The Kier molecular flexibility index (Phi) is 5.17. The zero-order valence-corrected chi connectivity index (χ0v) is 10.7. The van der Waals surface area contributed by atoms with Gasteiger partial charge in [-0.2, -0.15) is 0 Å². The van der Waals surface area contributed by atoms with Crippen molar-refractivity contribution >= 4 is 18.0 Å². The highest BCUT2D eigenvalue weighted by molar-refractivity contribution is 5.85. The highest BCUT2D eigenvalue weighted by Gasteiger charge is 2.10. The van der Waals surface area contributed by atoms with Gasteiger partial charge in [-0.3, -0.25) is 4.79 Å². The molecule has 1 N–H and O–H groups in total. The zero-order valence-electron chi connectivity index (χ0n) is 10.7. The lowest BCUT2D eigenvalue weighted by atomic mass is 10.3. The van der Waals surface area contributed by atoms with Crippen LogP contribution in [0.2, 0.25) is 0 Å². The molecule has 0 bridgehead atoms. The van der Waals surface area contributed by atoms with Gasteiger partial charge in [0.2, 0.25) is 5.91 Å². The lowest BCUT2D eigenvalue weighted by Crippen LogP contribution is -2.33. The molecule has 0 aliphatic carbocycles. The maximum absolute atomic E-state index is 11.9. The summed E-state index contributed by atoms with van der Waals surface area (Å²) in [6.07, 6.45) is 4.31. The molecular weight excluding hydrogens is 232 g/mol. The fraction of sp³-hybridized carbons (Fsp3) is 0.385. The van der Waals surface area contributed by atoms with E-state index in [-0.39, 0.29) is 12.5 Å². The van der Waals surface area contributed by atoms with Crippen LogP contribution in [0, 0.1) is 0 Å². The minimum atomic E-state index is -1.00. The van der Waals surface area contributed by atoms with Gasteiger partial charge in [-0.05, 0) is 32.1 Å². The zero-order chi connectivity index (χ0) is 13.5. The van der Waals surface area contributed by atoms with Crippen LogP contribution in [0.25, 0.3) is 6.08 Å². The first-order valence-corrected chi connectivity index (χ1v) is 5.92. The van der Waals surface area contributed by atoms with Crippen molar-refractivity contribution < 1.29 is 14.7 Å². The maximum atomic E-state index is 11.9. The molecule has 0 aromatic carbocycles. The Bertz CT molecular complexity index is 445. The largest absolute Gasteiger partial charge is 0.478 e. The van der Waals surface area contributed by atoms with Gasteiger partial charge in [-0.15, -0.1) is 0 Å². The monoisotopic (exact) mass is 250 g/mol. The van der Waals surface area contributed by atoms with E-state index in [0.717, 1.165) is 6.08 Å². The normalized spacial score (nSPS) is 10.8. The number of rotatable bonds is 6. The van der Waals surface area contributed by atoms with Crippen molar-refractivity contribution in [2.45, 2.75) is 20.4 Å². The Morgan fingerprint density at radius 2 is 2.06 bits per heavy atom. The first-order valence-electron chi connectivity index (χ1n) is 5.92. The van der Waals surface area contributed by atoms with Gasteiger partial charge in [0.05, 0.1) is 0 Å². The highest BCUT2D eigenvalue weighted by atomic mass is 16.4. The van der Waals surface area contributed by atoms with Crippen LogP contribution in [0.5, 0.6) is 0 Å². The second-order valence-corrected chi connectivity index (χ2v) is 3.80. The van der Waals surface area contributed by atoms with Gasteiger partial charge in [0.15, 0.2) is 0 Å².